The number of aryl methyl sites for hydroxylation is 1. The molecule has 4 heteroatoms. The molecule has 1 aliphatic heterocycles. The highest BCUT2D eigenvalue weighted by Gasteiger charge is 2.16. The van der Waals surface area contributed by atoms with Crippen molar-refractivity contribution in [1.29, 1.82) is 0 Å². The molecule has 2 aromatic carbocycles. The predicted octanol–water partition coefficient (Wildman–Crippen LogP) is 4.10. The topological polar surface area (TPSA) is 30.5 Å². The molecule has 1 heterocycles. The Labute approximate surface area is 120 Å². The first-order valence-electron chi connectivity index (χ1n) is 6.11. The summed E-state index contributed by atoms with van der Waals surface area (Å²) in [4.78, 5) is 0. The van der Waals surface area contributed by atoms with E-state index in [1.54, 1.807) is 0 Å². The van der Waals surface area contributed by atoms with Crippen LogP contribution in [0.3, 0.4) is 0 Å². The molecule has 0 bridgehead atoms. The van der Waals surface area contributed by atoms with Gasteiger partial charge in [-0.2, -0.15) is 0 Å². The smallest absolute Gasteiger partial charge is 0.231 e. The van der Waals surface area contributed by atoms with Crippen LogP contribution in [0.1, 0.15) is 11.1 Å². The maximum Gasteiger partial charge on any atom is 0.231 e. The van der Waals surface area contributed by atoms with Crippen LogP contribution in [-0.4, -0.2) is 6.79 Å². The van der Waals surface area contributed by atoms with Gasteiger partial charge in [0.1, 0.15) is 0 Å². The molecule has 0 unspecified atom stereocenters. The number of benzene rings is 2. The van der Waals surface area contributed by atoms with E-state index >= 15 is 0 Å². The lowest BCUT2D eigenvalue weighted by Gasteiger charge is -2.11. The molecule has 0 aliphatic carbocycles. The van der Waals surface area contributed by atoms with Crippen molar-refractivity contribution < 1.29 is 9.47 Å². The molecule has 0 saturated carbocycles. The second-order valence-corrected chi connectivity index (χ2v) is 5.34. The second kappa shape index (κ2) is 5.13. The third-order valence-corrected chi connectivity index (χ3v) is 3.76. The Morgan fingerprint density at radius 2 is 2.11 bits per heavy atom. The number of nitrogens with one attached hydrogen (secondary N) is 1. The summed E-state index contributed by atoms with van der Waals surface area (Å²) < 4.78 is 11.9. The molecule has 0 spiro atoms. The molecule has 0 amide bonds. The highest BCUT2D eigenvalue weighted by molar-refractivity contribution is 9.10. The zero-order valence-corrected chi connectivity index (χ0v) is 12.2. The van der Waals surface area contributed by atoms with E-state index in [4.69, 9.17) is 9.47 Å². The highest BCUT2D eigenvalue weighted by atomic mass is 79.9. The van der Waals surface area contributed by atoms with Crippen LogP contribution >= 0.6 is 15.9 Å². The molecule has 1 N–H and O–H groups in total. The van der Waals surface area contributed by atoms with E-state index < -0.39 is 0 Å². The van der Waals surface area contributed by atoms with Crippen LogP contribution in [0, 0.1) is 6.92 Å². The van der Waals surface area contributed by atoms with Crippen LogP contribution in [0.5, 0.6) is 11.5 Å². The quantitative estimate of drug-likeness (QED) is 0.924. The number of hydrogen-bond donors (Lipinski definition) is 1. The average molecular weight is 320 g/mol. The molecular formula is C15H14BrNO2. The van der Waals surface area contributed by atoms with E-state index in [9.17, 15) is 0 Å². The summed E-state index contributed by atoms with van der Waals surface area (Å²) in [7, 11) is 0. The molecule has 3 rings (SSSR count). The molecule has 19 heavy (non-hydrogen) atoms. The first-order chi connectivity index (χ1) is 9.24. The van der Waals surface area contributed by atoms with E-state index in [2.05, 4.69) is 40.3 Å². The zero-order valence-electron chi connectivity index (χ0n) is 10.6. The number of anilines is 1. The Kier molecular flexibility index (Phi) is 3.34. The molecule has 0 radical (unpaired) electrons. The van der Waals surface area contributed by atoms with Crippen LogP contribution in [0.15, 0.2) is 40.9 Å². The summed E-state index contributed by atoms with van der Waals surface area (Å²) in [6.07, 6.45) is 0. The molecule has 0 saturated heterocycles. The highest BCUT2D eigenvalue weighted by Crippen LogP contribution is 2.36. The van der Waals surface area contributed by atoms with Crippen LogP contribution in [0.2, 0.25) is 0 Å². The number of fused-ring (bicyclic) bond motifs is 1. The van der Waals surface area contributed by atoms with Crippen molar-refractivity contribution in [2.24, 2.45) is 0 Å². The van der Waals surface area contributed by atoms with Crippen molar-refractivity contribution >= 4 is 21.6 Å². The molecule has 1 aliphatic rings. The average Bonchev–Trinajstić information content (AvgIpc) is 2.88. The number of para-hydroxylation sites is 1. The standard InChI is InChI=1S/C15H14BrNO2/c1-10-5-6-12(16)13(7-10)17-8-11-3-2-4-14-15(11)19-9-18-14/h2-7,17H,8-9H2,1H3. The van der Waals surface area contributed by atoms with Crippen LogP contribution in [0.4, 0.5) is 5.69 Å². The normalized spacial score (nSPS) is 12.5. The Bertz CT molecular complexity index is 613. The van der Waals surface area contributed by atoms with Crippen molar-refractivity contribution in [2.45, 2.75) is 13.5 Å². The van der Waals surface area contributed by atoms with Crippen molar-refractivity contribution in [1.82, 2.24) is 0 Å². The van der Waals surface area contributed by atoms with Gasteiger partial charge in [0.05, 0.1) is 0 Å². The van der Waals surface area contributed by atoms with Crippen molar-refractivity contribution in [3.05, 3.63) is 52.0 Å². The molecule has 98 valence electrons. The van der Waals surface area contributed by atoms with Gasteiger partial charge in [-0.25, -0.2) is 0 Å². The summed E-state index contributed by atoms with van der Waals surface area (Å²) in [5, 5.41) is 3.42. The fourth-order valence-corrected chi connectivity index (χ4v) is 2.48. The summed E-state index contributed by atoms with van der Waals surface area (Å²) in [6, 6.07) is 12.2. The lowest BCUT2D eigenvalue weighted by Crippen LogP contribution is -2.02. The molecule has 0 fully saturated rings. The van der Waals surface area contributed by atoms with Crippen molar-refractivity contribution in [2.75, 3.05) is 12.1 Å². The Morgan fingerprint density at radius 1 is 1.21 bits per heavy atom. The third-order valence-electron chi connectivity index (χ3n) is 3.07. The van der Waals surface area contributed by atoms with Crippen molar-refractivity contribution in [3.8, 4) is 11.5 Å². The minimum Gasteiger partial charge on any atom is -0.454 e. The number of ether oxygens (including phenoxy) is 2. The van der Waals surface area contributed by atoms with Gasteiger partial charge in [0.25, 0.3) is 0 Å². The van der Waals surface area contributed by atoms with Crippen molar-refractivity contribution in [3.63, 3.8) is 0 Å². The summed E-state index contributed by atoms with van der Waals surface area (Å²) in [6.45, 7) is 3.09. The summed E-state index contributed by atoms with van der Waals surface area (Å²) in [5.74, 6) is 1.67. The minimum atomic E-state index is 0.306. The van der Waals surface area contributed by atoms with Gasteiger partial charge in [-0.3, -0.25) is 0 Å². The number of hydrogen-bond acceptors (Lipinski definition) is 3. The van der Waals surface area contributed by atoms with E-state index in [0.717, 1.165) is 27.2 Å². The molecule has 0 atom stereocenters. The lowest BCUT2D eigenvalue weighted by molar-refractivity contribution is 0.173. The summed E-state index contributed by atoms with van der Waals surface area (Å²) >= 11 is 3.55. The number of halogens is 1. The first kappa shape index (κ1) is 12.4. The Balaban J connectivity index is 1.80. The lowest BCUT2D eigenvalue weighted by atomic mass is 10.1. The van der Waals surface area contributed by atoms with Gasteiger partial charge in [0.15, 0.2) is 11.5 Å². The van der Waals surface area contributed by atoms with E-state index in [1.807, 2.05) is 24.3 Å². The molecule has 0 aromatic heterocycles. The van der Waals surface area contributed by atoms with Gasteiger partial charge in [-0.1, -0.05) is 18.2 Å². The van der Waals surface area contributed by atoms with Gasteiger partial charge in [-0.05, 0) is 46.6 Å². The van der Waals surface area contributed by atoms with Gasteiger partial charge >= 0.3 is 0 Å². The number of rotatable bonds is 3. The van der Waals surface area contributed by atoms with E-state index in [0.29, 0.717) is 13.3 Å². The first-order valence-corrected chi connectivity index (χ1v) is 6.91. The van der Waals surface area contributed by atoms with Gasteiger partial charge in [0.2, 0.25) is 6.79 Å². The molecule has 3 nitrogen and oxygen atoms in total. The Hall–Kier alpha value is -1.68. The Morgan fingerprint density at radius 3 is 3.00 bits per heavy atom. The molecule has 2 aromatic rings. The van der Waals surface area contributed by atoms with Gasteiger partial charge in [0, 0.05) is 22.3 Å². The van der Waals surface area contributed by atoms with Gasteiger partial charge < -0.3 is 14.8 Å². The van der Waals surface area contributed by atoms with Crippen LogP contribution in [-0.2, 0) is 6.54 Å². The predicted molar refractivity (Wildman–Crippen MR) is 78.8 cm³/mol. The SMILES string of the molecule is Cc1ccc(Br)c(NCc2cccc3c2OCO3)c1. The van der Waals surface area contributed by atoms with E-state index in [1.165, 1.54) is 5.56 Å². The summed E-state index contributed by atoms with van der Waals surface area (Å²) in [5.41, 5.74) is 3.41. The maximum absolute atomic E-state index is 5.50. The minimum absolute atomic E-state index is 0.306. The monoisotopic (exact) mass is 319 g/mol. The van der Waals surface area contributed by atoms with Gasteiger partial charge in [-0.15, -0.1) is 0 Å². The van der Waals surface area contributed by atoms with E-state index in [-0.39, 0.29) is 0 Å². The van der Waals surface area contributed by atoms with Crippen LogP contribution in [0.25, 0.3) is 0 Å². The second-order valence-electron chi connectivity index (χ2n) is 4.49. The largest absolute Gasteiger partial charge is 0.454 e. The maximum atomic E-state index is 5.50. The fraction of sp³-hybridized carbons (Fsp3) is 0.200. The third kappa shape index (κ3) is 2.54. The zero-order chi connectivity index (χ0) is 13.2. The fourth-order valence-electron chi connectivity index (χ4n) is 2.09. The van der Waals surface area contributed by atoms with Crippen LogP contribution < -0.4 is 14.8 Å². The molecular weight excluding hydrogens is 306 g/mol.